The second kappa shape index (κ2) is 11.1. The highest BCUT2D eigenvalue weighted by Crippen LogP contribution is 2.25. The lowest BCUT2D eigenvalue weighted by atomic mass is 10.1. The van der Waals surface area contributed by atoms with Crippen molar-refractivity contribution >= 4 is 23.4 Å². The fourth-order valence-electron chi connectivity index (χ4n) is 3.66. The lowest BCUT2D eigenvalue weighted by molar-refractivity contribution is -0.131. The zero-order valence-electron chi connectivity index (χ0n) is 19.1. The molecule has 34 heavy (non-hydrogen) atoms. The molecule has 3 rings (SSSR count). The fraction of sp³-hybridized carbons (Fsp3) is 0.375. The minimum atomic E-state index is -3.24. The van der Waals surface area contributed by atoms with E-state index in [0.717, 1.165) is 24.7 Å². The number of hydrogen-bond donors (Lipinski definition) is 1. The van der Waals surface area contributed by atoms with Crippen LogP contribution >= 0.6 is 0 Å². The first-order valence-corrected chi connectivity index (χ1v) is 10.9. The van der Waals surface area contributed by atoms with Gasteiger partial charge < -0.3 is 15.1 Å². The van der Waals surface area contributed by atoms with Gasteiger partial charge in [0.15, 0.2) is 5.78 Å². The number of amides is 3. The van der Waals surface area contributed by atoms with E-state index in [1.807, 2.05) is 26.1 Å². The Labute approximate surface area is 196 Å². The van der Waals surface area contributed by atoms with E-state index in [-0.39, 0.29) is 23.7 Å². The third kappa shape index (κ3) is 6.13. The first-order chi connectivity index (χ1) is 16.2. The van der Waals surface area contributed by atoms with Crippen molar-refractivity contribution in [3.8, 4) is 0 Å². The van der Waals surface area contributed by atoms with Gasteiger partial charge in [0.1, 0.15) is 5.82 Å². The predicted molar refractivity (Wildman–Crippen MR) is 122 cm³/mol. The summed E-state index contributed by atoms with van der Waals surface area (Å²) >= 11 is 0. The molecule has 0 aromatic heterocycles. The second-order valence-electron chi connectivity index (χ2n) is 8.19. The number of urea groups is 1. The normalized spacial score (nSPS) is 14.2. The first-order valence-electron chi connectivity index (χ1n) is 10.9. The number of alkyl halides is 2. The number of benzene rings is 2. The number of halogens is 3. The van der Waals surface area contributed by atoms with Crippen molar-refractivity contribution in [2.24, 2.45) is 0 Å². The van der Waals surface area contributed by atoms with Crippen LogP contribution in [-0.4, -0.2) is 73.7 Å². The number of hydrogen-bond acceptors (Lipinski definition) is 4. The van der Waals surface area contributed by atoms with E-state index in [1.165, 1.54) is 17.0 Å². The molecular formula is C24H27F3N4O3. The molecule has 2 aromatic rings. The minimum Gasteiger partial charge on any atom is -0.344 e. The van der Waals surface area contributed by atoms with Crippen LogP contribution < -0.4 is 10.2 Å². The number of ketones is 1. The van der Waals surface area contributed by atoms with Crippen molar-refractivity contribution in [1.82, 2.24) is 15.1 Å². The van der Waals surface area contributed by atoms with Gasteiger partial charge in [0, 0.05) is 43.0 Å². The highest BCUT2D eigenvalue weighted by Gasteiger charge is 2.27. The third-order valence-electron chi connectivity index (χ3n) is 5.74. The number of nitrogens with one attached hydrogen (secondary N) is 1. The van der Waals surface area contributed by atoms with Gasteiger partial charge in [0.25, 0.3) is 5.91 Å². The number of piperazine rings is 1. The highest BCUT2D eigenvalue weighted by atomic mass is 19.3. The summed E-state index contributed by atoms with van der Waals surface area (Å²) in [6.07, 6.45) is -3.24. The van der Waals surface area contributed by atoms with Crippen molar-refractivity contribution < 1.29 is 27.6 Å². The average Bonchev–Trinajstić information content (AvgIpc) is 2.82. The molecule has 1 saturated heterocycles. The topological polar surface area (TPSA) is 73.0 Å². The molecular weight excluding hydrogens is 449 g/mol. The molecule has 0 saturated carbocycles. The third-order valence-corrected chi connectivity index (χ3v) is 5.74. The summed E-state index contributed by atoms with van der Waals surface area (Å²) in [5.41, 5.74) is 1.63. The Morgan fingerprint density at radius 1 is 1.06 bits per heavy atom. The van der Waals surface area contributed by atoms with Crippen LogP contribution in [-0.2, 0) is 11.3 Å². The van der Waals surface area contributed by atoms with Crippen molar-refractivity contribution in [3.05, 3.63) is 65.0 Å². The summed E-state index contributed by atoms with van der Waals surface area (Å²) < 4.78 is 39.5. The monoisotopic (exact) mass is 476 g/mol. The summed E-state index contributed by atoms with van der Waals surface area (Å²) in [6.45, 7) is 3.72. The molecule has 0 bridgehead atoms. The second-order valence-corrected chi connectivity index (χ2v) is 8.19. The first kappa shape index (κ1) is 25.2. The molecule has 3 amide bonds. The Kier molecular flexibility index (Phi) is 8.27. The number of anilines is 1. The molecule has 1 aliphatic heterocycles. The molecule has 7 nitrogen and oxygen atoms in total. The Bertz CT molecular complexity index is 1060. The summed E-state index contributed by atoms with van der Waals surface area (Å²) in [5.74, 6) is -2.98. The molecule has 1 aliphatic rings. The smallest absolute Gasteiger partial charge is 0.324 e. The lowest BCUT2D eigenvalue weighted by Gasteiger charge is -2.36. The van der Waals surface area contributed by atoms with E-state index in [1.54, 1.807) is 22.3 Å². The molecule has 1 fully saturated rings. The molecule has 1 heterocycles. The van der Waals surface area contributed by atoms with Crippen LogP contribution in [0.4, 0.5) is 23.7 Å². The molecule has 1 N–H and O–H groups in total. The maximum Gasteiger partial charge on any atom is 0.324 e. The van der Waals surface area contributed by atoms with Crippen molar-refractivity contribution in [1.29, 1.82) is 0 Å². The fourth-order valence-corrected chi connectivity index (χ4v) is 3.66. The SMILES string of the molecule is Cc1ccccc1N(Cc1ccc(C(=O)CNC(=O)C(F)F)cc1F)C(=O)N1CCN(C)CC1. The van der Waals surface area contributed by atoms with Crippen molar-refractivity contribution in [2.45, 2.75) is 19.9 Å². The zero-order chi connectivity index (χ0) is 24.8. The molecule has 182 valence electrons. The van der Waals surface area contributed by atoms with E-state index in [9.17, 15) is 27.6 Å². The van der Waals surface area contributed by atoms with Gasteiger partial charge in [-0.25, -0.2) is 9.18 Å². The lowest BCUT2D eigenvalue weighted by Crippen LogP contribution is -2.52. The Balaban J connectivity index is 1.81. The van der Waals surface area contributed by atoms with Gasteiger partial charge in [0.2, 0.25) is 0 Å². The number of rotatable bonds is 7. The van der Waals surface area contributed by atoms with E-state index < -0.39 is 30.5 Å². The largest absolute Gasteiger partial charge is 0.344 e. The Morgan fingerprint density at radius 3 is 2.35 bits per heavy atom. The average molecular weight is 476 g/mol. The van der Waals surface area contributed by atoms with Crippen LogP contribution in [0.2, 0.25) is 0 Å². The van der Waals surface area contributed by atoms with Crippen molar-refractivity contribution in [2.75, 3.05) is 44.7 Å². The number of carbonyl (C=O) groups excluding carboxylic acids is 3. The van der Waals surface area contributed by atoms with Gasteiger partial charge in [-0.05, 0) is 31.7 Å². The molecule has 0 atom stereocenters. The standard InChI is InChI=1S/C24H27F3N4O3/c1-16-5-3-4-6-20(16)31(24(34)30-11-9-29(2)10-12-30)15-18-8-7-17(13-19(18)25)21(32)14-28-23(33)22(26)27/h3-8,13,22H,9-12,14-15H2,1-2H3,(H,28,33). The molecule has 2 aromatic carbocycles. The summed E-state index contributed by atoms with van der Waals surface area (Å²) in [6, 6.07) is 10.8. The van der Waals surface area contributed by atoms with Crippen LogP contribution in [0.1, 0.15) is 21.5 Å². The van der Waals surface area contributed by atoms with E-state index in [0.29, 0.717) is 18.8 Å². The number of likely N-dealkylation sites (N-methyl/N-ethyl adjacent to an activating group) is 1. The summed E-state index contributed by atoms with van der Waals surface area (Å²) in [4.78, 5) is 41.9. The van der Waals surface area contributed by atoms with E-state index in [4.69, 9.17) is 0 Å². The number of para-hydroxylation sites is 1. The molecule has 0 radical (unpaired) electrons. The van der Waals surface area contributed by atoms with Gasteiger partial charge >= 0.3 is 12.5 Å². The summed E-state index contributed by atoms with van der Waals surface area (Å²) in [7, 11) is 1.98. The number of aryl methyl sites for hydroxylation is 1. The van der Waals surface area contributed by atoms with Gasteiger partial charge in [-0.3, -0.25) is 14.5 Å². The van der Waals surface area contributed by atoms with Gasteiger partial charge in [-0.1, -0.05) is 30.3 Å². The number of nitrogens with zero attached hydrogens (tertiary/aromatic N) is 3. The quantitative estimate of drug-likeness (QED) is 0.624. The Hall–Kier alpha value is -3.40. The van der Waals surface area contributed by atoms with Crippen LogP contribution in [0, 0.1) is 12.7 Å². The molecule has 10 heteroatoms. The van der Waals surface area contributed by atoms with Gasteiger partial charge in [0.05, 0.1) is 13.1 Å². The molecule has 0 spiro atoms. The van der Waals surface area contributed by atoms with Crippen molar-refractivity contribution in [3.63, 3.8) is 0 Å². The van der Waals surface area contributed by atoms with E-state index >= 15 is 0 Å². The van der Waals surface area contributed by atoms with Crippen LogP contribution in [0.5, 0.6) is 0 Å². The van der Waals surface area contributed by atoms with Gasteiger partial charge in [-0.15, -0.1) is 0 Å². The number of carbonyl (C=O) groups is 3. The number of Topliss-reactive ketones (excluding diaryl/α,β-unsaturated/α-hetero) is 1. The summed E-state index contributed by atoms with van der Waals surface area (Å²) in [5, 5.41) is 1.81. The van der Waals surface area contributed by atoms with Crippen LogP contribution in [0.3, 0.4) is 0 Å². The van der Waals surface area contributed by atoms with E-state index in [2.05, 4.69) is 4.90 Å². The Morgan fingerprint density at radius 2 is 1.74 bits per heavy atom. The zero-order valence-corrected chi connectivity index (χ0v) is 19.1. The molecule has 0 unspecified atom stereocenters. The maximum absolute atomic E-state index is 15.0. The predicted octanol–water partition coefficient (Wildman–Crippen LogP) is 3.07. The highest BCUT2D eigenvalue weighted by molar-refractivity contribution is 5.99. The minimum absolute atomic E-state index is 0.0571. The maximum atomic E-state index is 15.0. The van der Waals surface area contributed by atoms with Crippen LogP contribution in [0.15, 0.2) is 42.5 Å². The van der Waals surface area contributed by atoms with Gasteiger partial charge in [-0.2, -0.15) is 8.78 Å². The molecule has 0 aliphatic carbocycles. The van der Waals surface area contributed by atoms with Crippen LogP contribution in [0.25, 0.3) is 0 Å².